The molecule has 0 bridgehead atoms. The molecule has 1 aromatic rings. The largest absolute Gasteiger partial charge is 0.381 e. The summed E-state index contributed by atoms with van der Waals surface area (Å²) in [5.74, 6) is 1.56. The third-order valence-electron chi connectivity index (χ3n) is 4.81. The van der Waals surface area contributed by atoms with Crippen LogP contribution in [0.5, 0.6) is 0 Å². The first-order valence-electron chi connectivity index (χ1n) is 8.52. The molecule has 1 aromatic heterocycles. The Bertz CT molecular complexity index is 612. The van der Waals surface area contributed by atoms with Crippen LogP contribution in [-0.4, -0.2) is 36.4 Å². The van der Waals surface area contributed by atoms with E-state index in [9.17, 15) is 4.79 Å². The number of carbonyl (C=O) groups excluding carboxylic acids is 1. The second-order valence-electron chi connectivity index (χ2n) is 6.41. The molecule has 5 heteroatoms. The first kappa shape index (κ1) is 16.1. The van der Waals surface area contributed by atoms with Crippen molar-refractivity contribution in [3.05, 3.63) is 29.1 Å². The van der Waals surface area contributed by atoms with Gasteiger partial charge in [-0.1, -0.05) is 6.42 Å². The second-order valence-corrected chi connectivity index (χ2v) is 6.41. The summed E-state index contributed by atoms with van der Waals surface area (Å²) in [7, 11) is 1.75. The maximum absolute atomic E-state index is 12.4. The third kappa shape index (κ3) is 3.61. The summed E-state index contributed by atoms with van der Waals surface area (Å²) in [6.07, 6.45) is 6.46. The molecule has 0 spiro atoms. The smallest absolute Gasteiger partial charge is 0.139 e. The van der Waals surface area contributed by atoms with Gasteiger partial charge in [0, 0.05) is 44.0 Å². The van der Waals surface area contributed by atoms with Gasteiger partial charge in [0.1, 0.15) is 11.6 Å². The van der Waals surface area contributed by atoms with Gasteiger partial charge in [-0.3, -0.25) is 14.8 Å². The van der Waals surface area contributed by atoms with Crippen molar-refractivity contribution in [2.75, 3.05) is 13.7 Å². The monoisotopic (exact) mass is 315 g/mol. The number of rotatable bonds is 6. The van der Waals surface area contributed by atoms with Crippen molar-refractivity contribution in [3.63, 3.8) is 0 Å². The van der Waals surface area contributed by atoms with Gasteiger partial charge in [0.2, 0.25) is 0 Å². The highest BCUT2D eigenvalue weighted by Gasteiger charge is 2.29. The van der Waals surface area contributed by atoms with Crippen molar-refractivity contribution in [2.24, 2.45) is 10.9 Å². The van der Waals surface area contributed by atoms with Crippen LogP contribution in [0.2, 0.25) is 0 Å². The molecule has 3 rings (SSSR count). The van der Waals surface area contributed by atoms with Crippen LogP contribution in [-0.2, 0) is 22.5 Å². The van der Waals surface area contributed by atoms with Gasteiger partial charge in [-0.15, -0.1) is 0 Å². The average molecular weight is 315 g/mol. The molecular weight excluding hydrogens is 290 g/mol. The van der Waals surface area contributed by atoms with Crippen LogP contribution in [0.3, 0.4) is 0 Å². The normalized spacial score (nSPS) is 22.8. The van der Waals surface area contributed by atoms with Gasteiger partial charge in [-0.25, -0.2) is 0 Å². The summed E-state index contributed by atoms with van der Waals surface area (Å²) in [4.78, 5) is 21.3. The molecule has 124 valence electrons. The highest BCUT2D eigenvalue weighted by atomic mass is 16.5. The van der Waals surface area contributed by atoms with Crippen molar-refractivity contribution in [1.29, 1.82) is 0 Å². The zero-order chi connectivity index (χ0) is 16.2. The van der Waals surface area contributed by atoms with Gasteiger partial charge < -0.3 is 10.1 Å². The Labute approximate surface area is 137 Å². The van der Waals surface area contributed by atoms with E-state index in [1.807, 2.05) is 12.3 Å². The van der Waals surface area contributed by atoms with Crippen LogP contribution in [0, 0.1) is 5.92 Å². The molecule has 2 aliphatic rings. The SMILES string of the molecule is CCNC1=NCc2cc(CC(=O)C[C@@H]3CCC[C@H]3OC)ncc21. The van der Waals surface area contributed by atoms with Crippen LogP contribution in [0.1, 0.15) is 49.4 Å². The van der Waals surface area contributed by atoms with Crippen LogP contribution < -0.4 is 5.32 Å². The summed E-state index contributed by atoms with van der Waals surface area (Å²) in [6, 6.07) is 2.03. The number of hydrogen-bond acceptors (Lipinski definition) is 5. The molecule has 2 atom stereocenters. The van der Waals surface area contributed by atoms with Crippen molar-refractivity contribution in [2.45, 2.75) is 51.7 Å². The van der Waals surface area contributed by atoms with Gasteiger partial charge in [0.25, 0.3) is 0 Å². The Morgan fingerprint density at radius 1 is 1.43 bits per heavy atom. The van der Waals surface area contributed by atoms with Crippen LogP contribution in [0.15, 0.2) is 17.3 Å². The third-order valence-corrected chi connectivity index (χ3v) is 4.81. The summed E-state index contributed by atoms with van der Waals surface area (Å²) < 4.78 is 5.48. The minimum absolute atomic E-state index is 0.253. The molecular formula is C18H25N3O2. The molecule has 0 amide bonds. The van der Waals surface area contributed by atoms with Gasteiger partial charge >= 0.3 is 0 Å². The molecule has 2 heterocycles. The average Bonchev–Trinajstić information content (AvgIpc) is 3.14. The lowest BCUT2D eigenvalue weighted by Crippen LogP contribution is -2.23. The van der Waals surface area contributed by atoms with Crippen molar-refractivity contribution < 1.29 is 9.53 Å². The molecule has 5 nitrogen and oxygen atoms in total. The summed E-state index contributed by atoms with van der Waals surface area (Å²) >= 11 is 0. The van der Waals surface area contributed by atoms with Gasteiger partial charge in [0.05, 0.1) is 12.6 Å². The van der Waals surface area contributed by atoms with E-state index in [-0.39, 0.29) is 11.9 Å². The number of pyridine rings is 1. The van der Waals surface area contributed by atoms with Gasteiger partial charge in [-0.05, 0) is 37.3 Å². The van der Waals surface area contributed by atoms with Crippen LogP contribution in [0.25, 0.3) is 0 Å². The molecule has 1 aliphatic heterocycles. The lowest BCUT2D eigenvalue weighted by Gasteiger charge is -2.17. The topological polar surface area (TPSA) is 63.6 Å². The standard InChI is InChI=1S/C18H25N3O2/c1-3-19-18-16-11-20-14(7-13(16)10-21-18)9-15(22)8-12-5-4-6-17(12)23-2/h7,11-12,17H,3-6,8-10H2,1-2H3,(H,19,21)/t12-,17+/m0/s1. The Morgan fingerprint density at radius 2 is 2.30 bits per heavy atom. The number of Topliss-reactive ketones (excluding diaryl/α,β-unsaturated/α-hetero) is 1. The molecule has 1 fully saturated rings. The van der Waals surface area contributed by atoms with Gasteiger partial charge in [0.15, 0.2) is 0 Å². The number of nitrogens with zero attached hydrogens (tertiary/aromatic N) is 2. The van der Waals surface area contributed by atoms with Crippen molar-refractivity contribution >= 4 is 11.6 Å². The minimum Gasteiger partial charge on any atom is -0.381 e. The summed E-state index contributed by atoms with van der Waals surface area (Å²) in [6.45, 7) is 3.58. The van der Waals surface area contributed by atoms with E-state index < -0.39 is 0 Å². The maximum Gasteiger partial charge on any atom is 0.139 e. The molecule has 0 unspecified atom stereocenters. The number of carbonyl (C=O) groups is 1. The maximum atomic E-state index is 12.4. The summed E-state index contributed by atoms with van der Waals surface area (Å²) in [5.41, 5.74) is 3.08. The van der Waals surface area contributed by atoms with E-state index in [0.717, 1.165) is 48.5 Å². The molecule has 0 saturated heterocycles. The quantitative estimate of drug-likeness (QED) is 0.874. The van der Waals surface area contributed by atoms with E-state index in [4.69, 9.17) is 4.74 Å². The first-order chi connectivity index (χ1) is 11.2. The molecule has 0 aromatic carbocycles. The predicted octanol–water partition coefficient (Wildman–Crippen LogP) is 2.27. The first-order valence-corrected chi connectivity index (χ1v) is 8.52. The Kier molecular flexibility index (Phi) is 5.06. The number of hydrogen-bond donors (Lipinski definition) is 1. The molecule has 1 N–H and O–H groups in total. The highest BCUT2D eigenvalue weighted by Crippen LogP contribution is 2.31. The zero-order valence-corrected chi connectivity index (χ0v) is 14.0. The fourth-order valence-corrected chi connectivity index (χ4v) is 3.67. The van der Waals surface area contributed by atoms with Crippen LogP contribution >= 0.6 is 0 Å². The highest BCUT2D eigenvalue weighted by molar-refractivity contribution is 6.01. The van der Waals surface area contributed by atoms with E-state index in [1.165, 1.54) is 0 Å². The number of aliphatic imine (C=N–C) groups is 1. The Morgan fingerprint density at radius 3 is 3.09 bits per heavy atom. The lowest BCUT2D eigenvalue weighted by atomic mass is 9.96. The summed E-state index contributed by atoms with van der Waals surface area (Å²) in [5, 5.41) is 3.25. The predicted molar refractivity (Wildman–Crippen MR) is 89.6 cm³/mol. The van der Waals surface area contributed by atoms with Crippen molar-refractivity contribution in [3.8, 4) is 0 Å². The van der Waals surface area contributed by atoms with E-state index in [2.05, 4.69) is 22.2 Å². The number of amidine groups is 1. The molecule has 0 radical (unpaired) electrons. The van der Waals surface area contributed by atoms with Crippen LogP contribution in [0.4, 0.5) is 0 Å². The molecule has 1 aliphatic carbocycles. The van der Waals surface area contributed by atoms with E-state index in [0.29, 0.717) is 25.3 Å². The van der Waals surface area contributed by atoms with E-state index >= 15 is 0 Å². The number of ketones is 1. The Balaban J connectivity index is 1.60. The number of fused-ring (bicyclic) bond motifs is 1. The minimum atomic E-state index is 0.253. The Hall–Kier alpha value is -1.75. The number of aromatic nitrogens is 1. The number of ether oxygens (including phenoxy) is 1. The van der Waals surface area contributed by atoms with Crippen molar-refractivity contribution in [1.82, 2.24) is 10.3 Å². The number of nitrogens with one attached hydrogen (secondary N) is 1. The molecule has 23 heavy (non-hydrogen) atoms. The fraction of sp³-hybridized carbons (Fsp3) is 0.611. The molecule has 1 saturated carbocycles. The fourth-order valence-electron chi connectivity index (χ4n) is 3.67. The lowest BCUT2D eigenvalue weighted by molar-refractivity contribution is -0.120. The second kappa shape index (κ2) is 7.21. The zero-order valence-electron chi connectivity index (χ0n) is 14.0. The van der Waals surface area contributed by atoms with Gasteiger partial charge in [-0.2, -0.15) is 0 Å². The number of methoxy groups -OCH3 is 1. The van der Waals surface area contributed by atoms with E-state index in [1.54, 1.807) is 7.11 Å².